The SMILES string of the molecule is COc1ccc(N2CC(c3nnc(NC(=O)/C=C/c4ccccc4)s3)CC2=O)cc1. The Balaban J connectivity index is 1.38. The Morgan fingerprint density at radius 1 is 1.17 bits per heavy atom. The largest absolute Gasteiger partial charge is 0.497 e. The normalized spacial score (nSPS) is 16.2. The summed E-state index contributed by atoms with van der Waals surface area (Å²) in [5.41, 5.74) is 1.76. The van der Waals surface area contributed by atoms with Crippen LogP contribution in [0.1, 0.15) is 22.9 Å². The molecule has 30 heavy (non-hydrogen) atoms. The van der Waals surface area contributed by atoms with Gasteiger partial charge in [-0.3, -0.25) is 14.9 Å². The molecule has 2 aromatic carbocycles. The van der Waals surface area contributed by atoms with Gasteiger partial charge in [-0.2, -0.15) is 0 Å². The quantitative estimate of drug-likeness (QED) is 0.615. The summed E-state index contributed by atoms with van der Waals surface area (Å²) >= 11 is 1.30. The first kappa shape index (κ1) is 19.8. The second kappa shape index (κ2) is 8.87. The Morgan fingerprint density at radius 3 is 2.67 bits per heavy atom. The number of aromatic nitrogens is 2. The molecule has 1 N–H and O–H groups in total. The van der Waals surface area contributed by atoms with Gasteiger partial charge in [-0.05, 0) is 35.9 Å². The number of carbonyl (C=O) groups is 2. The third kappa shape index (κ3) is 4.55. The van der Waals surface area contributed by atoms with Gasteiger partial charge in [-0.25, -0.2) is 0 Å². The second-order valence-electron chi connectivity index (χ2n) is 6.78. The standard InChI is InChI=1S/C22H20N4O3S/c1-29-18-10-8-17(9-11-18)26-14-16(13-20(26)28)21-24-25-22(30-21)23-19(27)12-7-15-5-3-2-4-6-15/h2-12,16H,13-14H2,1H3,(H,23,25,27)/b12-7+. The molecule has 152 valence electrons. The van der Waals surface area contributed by atoms with Gasteiger partial charge in [0.05, 0.1) is 7.11 Å². The molecule has 4 rings (SSSR count). The highest BCUT2D eigenvalue weighted by Gasteiger charge is 2.34. The average Bonchev–Trinajstić information content (AvgIpc) is 3.39. The number of rotatable bonds is 6. The minimum absolute atomic E-state index is 0.0387. The number of nitrogens with one attached hydrogen (secondary N) is 1. The van der Waals surface area contributed by atoms with Crippen molar-refractivity contribution in [1.29, 1.82) is 0 Å². The number of ether oxygens (including phenoxy) is 1. The van der Waals surface area contributed by atoms with Crippen molar-refractivity contribution in [2.45, 2.75) is 12.3 Å². The zero-order chi connectivity index (χ0) is 20.9. The van der Waals surface area contributed by atoms with Gasteiger partial charge in [0.2, 0.25) is 16.9 Å². The van der Waals surface area contributed by atoms with Crippen LogP contribution < -0.4 is 15.0 Å². The topological polar surface area (TPSA) is 84.4 Å². The van der Waals surface area contributed by atoms with E-state index in [2.05, 4.69) is 15.5 Å². The monoisotopic (exact) mass is 420 g/mol. The van der Waals surface area contributed by atoms with Crippen LogP contribution in [0.25, 0.3) is 6.08 Å². The van der Waals surface area contributed by atoms with Gasteiger partial charge in [-0.15, -0.1) is 10.2 Å². The van der Waals surface area contributed by atoms with Gasteiger partial charge in [0.25, 0.3) is 0 Å². The molecule has 3 aromatic rings. The van der Waals surface area contributed by atoms with Crippen LogP contribution in [0.2, 0.25) is 0 Å². The molecule has 7 nitrogen and oxygen atoms in total. The summed E-state index contributed by atoms with van der Waals surface area (Å²) in [6, 6.07) is 17.0. The molecule has 0 aliphatic carbocycles. The van der Waals surface area contributed by atoms with Crippen LogP contribution in [0, 0.1) is 0 Å². The smallest absolute Gasteiger partial charge is 0.250 e. The number of carbonyl (C=O) groups excluding carboxylic acids is 2. The highest BCUT2D eigenvalue weighted by Crippen LogP contribution is 2.34. The number of hydrogen-bond acceptors (Lipinski definition) is 6. The van der Waals surface area contributed by atoms with Crippen molar-refractivity contribution in [2.24, 2.45) is 0 Å². The molecule has 2 amide bonds. The summed E-state index contributed by atoms with van der Waals surface area (Å²) in [6.45, 7) is 0.529. The van der Waals surface area contributed by atoms with Gasteiger partial charge >= 0.3 is 0 Å². The summed E-state index contributed by atoms with van der Waals surface area (Å²) in [5, 5.41) is 12.1. The van der Waals surface area contributed by atoms with E-state index < -0.39 is 0 Å². The summed E-state index contributed by atoms with van der Waals surface area (Å²) < 4.78 is 5.17. The number of benzene rings is 2. The predicted octanol–water partition coefficient (Wildman–Crippen LogP) is 3.72. The Kier molecular flexibility index (Phi) is 5.85. The molecule has 1 fully saturated rings. The fraction of sp³-hybridized carbons (Fsp3) is 0.182. The van der Waals surface area contributed by atoms with Crippen molar-refractivity contribution in [2.75, 3.05) is 23.9 Å². The van der Waals surface area contributed by atoms with Crippen molar-refractivity contribution in [3.8, 4) is 5.75 Å². The van der Waals surface area contributed by atoms with Crippen molar-refractivity contribution in [3.05, 3.63) is 71.2 Å². The molecule has 1 aliphatic heterocycles. The first-order valence-electron chi connectivity index (χ1n) is 9.44. The zero-order valence-corrected chi connectivity index (χ0v) is 17.1. The molecule has 0 saturated carbocycles. The third-order valence-electron chi connectivity index (χ3n) is 4.76. The molecule has 1 saturated heterocycles. The molecule has 1 aliphatic rings. The molecule has 2 heterocycles. The number of nitrogens with zero attached hydrogens (tertiary/aromatic N) is 3. The summed E-state index contributed by atoms with van der Waals surface area (Å²) in [5.74, 6) is 0.455. The third-order valence-corrected chi connectivity index (χ3v) is 5.76. The van der Waals surface area contributed by atoms with Crippen LogP contribution in [0.3, 0.4) is 0 Å². The lowest BCUT2D eigenvalue weighted by atomic mass is 10.1. The lowest BCUT2D eigenvalue weighted by molar-refractivity contribution is -0.117. The molecular weight excluding hydrogens is 400 g/mol. The van der Waals surface area contributed by atoms with Crippen molar-refractivity contribution >= 4 is 40.0 Å². The number of methoxy groups -OCH3 is 1. The van der Waals surface area contributed by atoms with Crippen LogP contribution in [0.5, 0.6) is 5.75 Å². The fourth-order valence-electron chi connectivity index (χ4n) is 3.22. The summed E-state index contributed by atoms with van der Waals surface area (Å²) in [7, 11) is 1.61. The molecule has 0 radical (unpaired) electrons. The predicted molar refractivity (Wildman–Crippen MR) is 117 cm³/mol. The van der Waals surface area contributed by atoms with E-state index in [0.717, 1.165) is 22.0 Å². The van der Waals surface area contributed by atoms with Crippen LogP contribution in [0.15, 0.2) is 60.7 Å². The molecule has 1 aromatic heterocycles. The van der Waals surface area contributed by atoms with Gasteiger partial charge in [0.15, 0.2) is 0 Å². The summed E-state index contributed by atoms with van der Waals surface area (Å²) in [6.07, 6.45) is 3.56. The van der Waals surface area contributed by atoms with E-state index in [-0.39, 0.29) is 17.7 Å². The van der Waals surface area contributed by atoms with E-state index >= 15 is 0 Å². The maximum Gasteiger partial charge on any atom is 0.250 e. The first-order chi connectivity index (χ1) is 14.6. The maximum atomic E-state index is 12.5. The second-order valence-corrected chi connectivity index (χ2v) is 7.79. The van der Waals surface area contributed by atoms with Crippen molar-refractivity contribution in [1.82, 2.24) is 10.2 Å². The van der Waals surface area contributed by atoms with Crippen LogP contribution in [-0.4, -0.2) is 35.7 Å². The molecular formula is C22H20N4O3S. The number of anilines is 2. The van der Waals surface area contributed by atoms with Gasteiger partial charge in [0.1, 0.15) is 10.8 Å². The van der Waals surface area contributed by atoms with Gasteiger partial charge in [0, 0.05) is 30.6 Å². The van der Waals surface area contributed by atoms with E-state index in [9.17, 15) is 9.59 Å². The molecule has 1 unspecified atom stereocenters. The lowest BCUT2D eigenvalue weighted by Crippen LogP contribution is -2.24. The highest BCUT2D eigenvalue weighted by molar-refractivity contribution is 7.15. The highest BCUT2D eigenvalue weighted by atomic mass is 32.1. The van der Waals surface area contributed by atoms with Crippen LogP contribution in [0.4, 0.5) is 10.8 Å². The molecule has 0 spiro atoms. The summed E-state index contributed by atoms with van der Waals surface area (Å²) in [4.78, 5) is 26.4. The van der Waals surface area contributed by atoms with E-state index in [4.69, 9.17) is 4.74 Å². The Hall–Kier alpha value is -3.52. The van der Waals surface area contributed by atoms with Crippen molar-refractivity contribution < 1.29 is 14.3 Å². The van der Waals surface area contributed by atoms with E-state index in [1.54, 1.807) is 18.1 Å². The number of hydrogen-bond donors (Lipinski definition) is 1. The molecule has 0 bridgehead atoms. The molecule has 1 atom stereocenters. The zero-order valence-electron chi connectivity index (χ0n) is 16.3. The van der Waals surface area contributed by atoms with Crippen LogP contribution >= 0.6 is 11.3 Å². The van der Waals surface area contributed by atoms with E-state index in [0.29, 0.717) is 18.1 Å². The molecule has 8 heteroatoms. The Morgan fingerprint density at radius 2 is 1.93 bits per heavy atom. The van der Waals surface area contributed by atoms with E-state index in [1.807, 2.05) is 54.6 Å². The Labute approximate surface area is 178 Å². The number of amides is 2. The fourth-order valence-corrected chi connectivity index (χ4v) is 4.06. The van der Waals surface area contributed by atoms with Gasteiger partial charge < -0.3 is 9.64 Å². The Bertz CT molecular complexity index is 1060. The minimum Gasteiger partial charge on any atom is -0.497 e. The van der Waals surface area contributed by atoms with Crippen molar-refractivity contribution in [3.63, 3.8) is 0 Å². The average molecular weight is 420 g/mol. The minimum atomic E-state index is -0.274. The van der Waals surface area contributed by atoms with Gasteiger partial charge in [-0.1, -0.05) is 41.7 Å². The first-order valence-corrected chi connectivity index (χ1v) is 10.3. The van der Waals surface area contributed by atoms with E-state index in [1.165, 1.54) is 17.4 Å². The van der Waals surface area contributed by atoms with Crippen LogP contribution in [-0.2, 0) is 9.59 Å². The maximum absolute atomic E-state index is 12.5. The lowest BCUT2D eigenvalue weighted by Gasteiger charge is -2.16.